The van der Waals surface area contributed by atoms with Crippen molar-refractivity contribution in [3.8, 4) is 5.75 Å². The van der Waals surface area contributed by atoms with Crippen molar-refractivity contribution in [3.05, 3.63) is 77.0 Å². The maximum Gasteiger partial charge on any atom is 0.357 e. The lowest BCUT2D eigenvalue weighted by Gasteiger charge is -2.33. The molecule has 0 radical (unpaired) electrons. The quantitative estimate of drug-likeness (QED) is 0.386. The van der Waals surface area contributed by atoms with Crippen molar-refractivity contribution in [2.24, 2.45) is 0 Å². The lowest BCUT2D eigenvalue weighted by Crippen LogP contribution is -2.42. The zero-order valence-electron chi connectivity index (χ0n) is 19.4. The average Bonchev–Trinajstić information content (AvgIpc) is 3.52. The van der Waals surface area contributed by atoms with Crippen LogP contribution in [0.3, 0.4) is 0 Å². The number of aliphatic hydroxyl groups excluding tert-OH is 1. The summed E-state index contributed by atoms with van der Waals surface area (Å²) >= 11 is 0. The summed E-state index contributed by atoms with van der Waals surface area (Å²) in [5.41, 5.74) is 0.655. The summed E-state index contributed by atoms with van der Waals surface area (Å²) in [6.07, 6.45) is 1.94. The van der Waals surface area contributed by atoms with E-state index in [1.807, 2.05) is 0 Å². The molecule has 1 amide bonds. The van der Waals surface area contributed by atoms with Crippen molar-refractivity contribution in [3.63, 3.8) is 0 Å². The SMILES string of the molecule is O=C(Nc1ccccc1OC[C@@H](O)CN1CCC(n2c(=O)n(F)c3ccccc32)CC1)c1ccno1. The van der Waals surface area contributed by atoms with E-state index in [2.05, 4.69) is 15.4 Å². The Morgan fingerprint density at radius 3 is 2.61 bits per heavy atom. The summed E-state index contributed by atoms with van der Waals surface area (Å²) in [6, 6.07) is 15.1. The van der Waals surface area contributed by atoms with Crippen LogP contribution in [0.4, 0.5) is 10.2 Å². The van der Waals surface area contributed by atoms with Crippen LogP contribution in [-0.4, -0.2) is 62.8 Å². The topological polar surface area (TPSA) is 115 Å². The van der Waals surface area contributed by atoms with E-state index in [4.69, 9.17) is 9.26 Å². The van der Waals surface area contributed by atoms with Gasteiger partial charge < -0.3 is 24.6 Å². The molecule has 2 aromatic carbocycles. The van der Waals surface area contributed by atoms with Crippen molar-refractivity contribution in [2.75, 3.05) is 31.6 Å². The molecule has 1 atom stereocenters. The van der Waals surface area contributed by atoms with Crippen LogP contribution in [-0.2, 0) is 0 Å². The third-order valence-corrected chi connectivity index (χ3v) is 6.35. The Morgan fingerprint density at radius 2 is 1.86 bits per heavy atom. The number of aromatic nitrogens is 3. The van der Waals surface area contributed by atoms with E-state index in [1.165, 1.54) is 16.8 Å². The van der Waals surface area contributed by atoms with Crippen LogP contribution in [0.5, 0.6) is 5.75 Å². The van der Waals surface area contributed by atoms with Gasteiger partial charge in [0.2, 0.25) is 5.76 Å². The van der Waals surface area contributed by atoms with Crippen LogP contribution in [0.15, 0.2) is 70.1 Å². The minimum atomic E-state index is -0.768. The monoisotopic (exact) mass is 495 g/mol. The number of fused-ring (bicyclic) bond motifs is 1. The molecule has 1 fully saturated rings. The normalized spacial score (nSPS) is 15.7. The average molecular weight is 496 g/mol. The molecule has 2 aromatic heterocycles. The van der Waals surface area contributed by atoms with Crippen LogP contribution in [0.25, 0.3) is 11.0 Å². The highest BCUT2D eigenvalue weighted by atomic mass is 19.2. The number of carbonyl (C=O) groups is 1. The van der Waals surface area contributed by atoms with Gasteiger partial charge in [0, 0.05) is 31.7 Å². The molecule has 5 rings (SSSR count). The number of carbonyl (C=O) groups excluding carboxylic acids is 1. The first-order valence-electron chi connectivity index (χ1n) is 11.7. The molecule has 3 heterocycles. The number of nitrogens with zero attached hydrogens (tertiary/aromatic N) is 4. The number of likely N-dealkylation sites (tertiary alicyclic amines) is 1. The Morgan fingerprint density at radius 1 is 1.14 bits per heavy atom. The van der Waals surface area contributed by atoms with Crippen LogP contribution in [0, 0.1) is 0 Å². The first-order chi connectivity index (χ1) is 17.5. The molecule has 1 saturated heterocycles. The van der Waals surface area contributed by atoms with Crippen molar-refractivity contribution >= 4 is 22.6 Å². The summed E-state index contributed by atoms with van der Waals surface area (Å²) in [5, 5.41) is 16.8. The number of hydrogen-bond donors (Lipinski definition) is 2. The molecule has 0 unspecified atom stereocenters. The number of β-amino-alcohol motifs (C(OH)–C–C–N with tert-alkyl or cyclic N) is 1. The summed E-state index contributed by atoms with van der Waals surface area (Å²) in [6.45, 7) is 1.73. The number of piperidine rings is 1. The summed E-state index contributed by atoms with van der Waals surface area (Å²) in [5.74, 6) is 0.0404. The van der Waals surface area contributed by atoms with Gasteiger partial charge in [0.25, 0.3) is 5.91 Å². The van der Waals surface area contributed by atoms with Crippen LogP contribution >= 0.6 is 0 Å². The van der Waals surface area contributed by atoms with Crippen LogP contribution in [0.2, 0.25) is 0 Å². The molecule has 4 aromatic rings. The number of benzene rings is 2. The minimum absolute atomic E-state index is 0.0317. The van der Waals surface area contributed by atoms with E-state index in [0.29, 0.717) is 49.4 Å². The molecule has 1 aliphatic heterocycles. The Balaban J connectivity index is 1.14. The highest BCUT2D eigenvalue weighted by molar-refractivity contribution is 6.02. The first kappa shape index (κ1) is 23.8. The van der Waals surface area contributed by atoms with Gasteiger partial charge in [-0.05, 0) is 37.1 Å². The van der Waals surface area contributed by atoms with E-state index >= 15 is 0 Å². The number of halogens is 1. The first-order valence-corrected chi connectivity index (χ1v) is 11.7. The zero-order chi connectivity index (χ0) is 25.1. The molecule has 1 aliphatic rings. The smallest absolute Gasteiger partial charge is 0.357 e. The maximum absolute atomic E-state index is 14.3. The molecular formula is C25H26FN5O5. The molecule has 188 valence electrons. The van der Waals surface area contributed by atoms with E-state index < -0.39 is 17.7 Å². The van der Waals surface area contributed by atoms with Crippen LogP contribution in [0.1, 0.15) is 29.4 Å². The van der Waals surface area contributed by atoms with Gasteiger partial charge in [-0.1, -0.05) is 33.9 Å². The second-order valence-corrected chi connectivity index (χ2v) is 8.75. The van der Waals surface area contributed by atoms with Gasteiger partial charge in [-0.3, -0.25) is 9.36 Å². The van der Waals surface area contributed by atoms with Gasteiger partial charge in [-0.2, -0.15) is 0 Å². The molecule has 11 heteroatoms. The van der Waals surface area contributed by atoms with E-state index in [-0.39, 0.29) is 28.7 Å². The van der Waals surface area contributed by atoms with Crippen molar-refractivity contribution in [2.45, 2.75) is 25.0 Å². The molecule has 10 nitrogen and oxygen atoms in total. The summed E-state index contributed by atoms with van der Waals surface area (Å²) in [7, 11) is 0. The number of imidazole rings is 1. The molecule has 0 spiro atoms. The Bertz CT molecular complexity index is 1390. The number of amides is 1. The number of aliphatic hydroxyl groups is 1. The highest BCUT2D eigenvalue weighted by Crippen LogP contribution is 2.27. The highest BCUT2D eigenvalue weighted by Gasteiger charge is 2.26. The molecule has 0 saturated carbocycles. The zero-order valence-corrected chi connectivity index (χ0v) is 19.4. The Kier molecular flexibility index (Phi) is 6.83. The van der Waals surface area contributed by atoms with E-state index in [0.717, 1.165) is 0 Å². The van der Waals surface area contributed by atoms with Gasteiger partial charge in [-0.25, -0.2) is 4.79 Å². The maximum atomic E-state index is 14.3. The van der Waals surface area contributed by atoms with Gasteiger partial charge in [-0.15, -0.1) is 4.79 Å². The fourth-order valence-electron chi connectivity index (χ4n) is 4.60. The summed E-state index contributed by atoms with van der Waals surface area (Å²) in [4.78, 5) is 27.0. The molecule has 0 aliphatic carbocycles. The van der Waals surface area contributed by atoms with Crippen molar-refractivity contribution in [1.29, 1.82) is 0 Å². The number of hydrogen-bond acceptors (Lipinski definition) is 7. The predicted molar refractivity (Wildman–Crippen MR) is 130 cm³/mol. The van der Waals surface area contributed by atoms with Gasteiger partial charge in [0.1, 0.15) is 24.0 Å². The largest absolute Gasteiger partial charge is 0.489 e. The molecular weight excluding hydrogens is 469 g/mol. The minimum Gasteiger partial charge on any atom is -0.489 e. The molecule has 0 bridgehead atoms. The van der Waals surface area contributed by atoms with Crippen LogP contribution < -0.4 is 15.7 Å². The molecule has 2 N–H and O–H groups in total. The second-order valence-electron chi connectivity index (χ2n) is 8.75. The lowest BCUT2D eigenvalue weighted by molar-refractivity contribution is 0.0559. The van der Waals surface area contributed by atoms with Gasteiger partial charge in [0.15, 0.2) is 0 Å². The Hall–Kier alpha value is -3.96. The number of ether oxygens (including phenoxy) is 1. The fraction of sp³-hybridized carbons (Fsp3) is 0.320. The van der Waals surface area contributed by atoms with Crippen molar-refractivity contribution in [1.82, 2.24) is 19.4 Å². The van der Waals surface area contributed by atoms with Crippen molar-refractivity contribution < 1.29 is 23.6 Å². The van der Waals surface area contributed by atoms with Gasteiger partial charge >= 0.3 is 5.69 Å². The number of anilines is 1. The second kappa shape index (κ2) is 10.3. The predicted octanol–water partition coefficient (Wildman–Crippen LogP) is 2.85. The fourth-order valence-corrected chi connectivity index (χ4v) is 4.60. The third kappa shape index (κ3) is 4.88. The van der Waals surface area contributed by atoms with E-state index in [9.17, 15) is 19.2 Å². The lowest BCUT2D eigenvalue weighted by atomic mass is 10.0. The number of rotatable bonds is 8. The Labute approximate surface area is 205 Å². The third-order valence-electron chi connectivity index (χ3n) is 6.35. The summed E-state index contributed by atoms with van der Waals surface area (Å²) < 4.78 is 26.5. The standard InChI is InChI=1S/C25H26FN5O5/c26-31-21-7-3-2-6-20(21)30(25(31)34)17-10-13-29(14-11-17)15-18(32)16-35-22-8-4-1-5-19(22)28-24(33)23-9-12-27-36-23/h1-9,12,17-18,32H,10-11,13-16H2,(H,28,33)/t18-/m0/s1. The van der Waals surface area contributed by atoms with E-state index in [1.54, 1.807) is 48.5 Å². The number of para-hydroxylation sites is 4. The molecule has 36 heavy (non-hydrogen) atoms. The number of nitrogens with one attached hydrogen (secondary N) is 1. The van der Waals surface area contributed by atoms with Gasteiger partial charge in [0.05, 0.1) is 17.4 Å².